The summed E-state index contributed by atoms with van der Waals surface area (Å²) in [5.74, 6) is 1.69. The molecule has 1 aromatic heterocycles. The molecule has 8 heteroatoms. The van der Waals surface area contributed by atoms with Crippen LogP contribution in [0.15, 0.2) is 0 Å². The maximum atomic E-state index is 11.6. The summed E-state index contributed by atoms with van der Waals surface area (Å²) in [6.45, 7) is 4.56. The monoisotopic (exact) mass is 299 g/mol. The summed E-state index contributed by atoms with van der Waals surface area (Å²) in [6, 6.07) is 0.512. The van der Waals surface area contributed by atoms with Gasteiger partial charge >= 0.3 is 0 Å². The average Bonchev–Trinajstić information content (AvgIpc) is 3.03. The highest BCUT2D eigenvalue weighted by molar-refractivity contribution is 7.90. The Bertz CT molecular complexity index is 570. The molecule has 7 nitrogen and oxygen atoms in total. The molecule has 0 spiro atoms. The van der Waals surface area contributed by atoms with Gasteiger partial charge in [-0.15, -0.1) is 5.10 Å². The predicted octanol–water partition coefficient (Wildman–Crippen LogP) is 0.0985. The highest BCUT2D eigenvalue weighted by Gasteiger charge is 2.36. The van der Waals surface area contributed by atoms with E-state index in [4.69, 9.17) is 0 Å². The van der Waals surface area contributed by atoms with Gasteiger partial charge in [0.15, 0.2) is 9.84 Å². The van der Waals surface area contributed by atoms with Crippen LogP contribution in [0.1, 0.15) is 30.8 Å². The molecule has 112 valence electrons. The normalized spacial score (nSPS) is 28.4. The van der Waals surface area contributed by atoms with Gasteiger partial charge in [0, 0.05) is 25.4 Å². The van der Waals surface area contributed by atoms with Gasteiger partial charge in [-0.25, -0.2) is 8.42 Å². The van der Waals surface area contributed by atoms with Crippen LogP contribution in [0.5, 0.6) is 0 Å². The number of anilines is 1. The van der Waals surface area contributed by atoms with Crippen LogP contribution < -0.4 is 10.2 Å². The fourth-order valence-corrected chi connectivity index (χ4v) is 3.51. The second-order valence-corrected chi connectivity index (χ2v) is 8.23. The highest BCUT2D eigenvalue weighted by Crippen LogP contribution is 2.28. The Kier molecular flexibility index (Phi) is 3.45. The Morgan fingerprint density at radius 2 is 2.20 bits per heavy atom. The molecule has 3 unspecified atom stereocenters. The van der Waals surface area contributed by atoms with Crippen LogP contribution in [0.3, 0.4) is 0 Å². The summed E-state index contributed by atoms with van der Waals surface area (Å²) in [4.78, 5) is 6.51. The van der Waals surface area contributed by atoms with Crippen LogP contribution >= 0.6 is 0 Å². The molecule has 0 radical (unpaired) electrons. The van der Waals surface area contributed by atoms with Gasteiger partial charge in [0.2, 0.25) is 5.95 Å². The number of rotatable bonds is 3. The van der Waals surface area contributed by atoms with Gasteiger partial charge in [-0.1, -0.05) is 0 Å². The fourth-order valence-electron chi connectivity index (χ4n) is 3.00. The SMILES string of the molecule is CC(c1nc(N2CC3CCCNC3C2)n[nH]1)S(C)(=O)=O. The van der Waals surface area contributed by atoms with Gasteiger partial charge in [0.1, 0.15) is 11.1 Å². The van der Waals surface area contributed by atoms with Gasteiger partial charge < -0.3 is 10.2 Å². The maximum Gasteiger partial charge on any atom is 0.244 e. The summed E-state index contributed by atoms with van der Waals surface area (Å²) >= 11 is 0. The van der Waals surface area contributed by atoms with E-state index in [9.17, 15) is 8.42 Å². The number of nitrogens with one attached hydrogen (secondary N) is 2. The second-order valence-electron chi connectivity index (χ2n) is 5.86. The lowest BCUT2D eigenvalue weighted by atomic mass is 9.94. The quantitative estimate of drug-likeness (QED) is 0.822. The lowest BCUT2D eigenvalue weighted by molar-refractivity contribution is 0.340. The Labute approximate surface area is 119 Å². The molecule has 2 N–H and O–H groups in total. The Hall–Kier alpha value is -1.15. The Balaban J connectivity index is 1.74. The van der Waals surface area contributed by atoms with Crippen LogP contribution in [0.2, 0.25) is 0 Å². The second kappa shape index (κ2) is 5.00. The zero-order chi connectivity index (χ0) is 14.3. The molecule has 0 aliphatic carbocycles. The Morgan fingerprint density at radius 3 is 2.90 bits per heavy atom. The average molecular weight is 299 g/mol. The minimum Gasteiger partial charge on any atom is -0.338 e. The lowest BCUT2D eigenvalue weighted by Crippen LogP contribution is -2.40. The standard InChI is InChI=1S/C12H21N5O2S/c1-8(20(2,18)19)11-14-12(16-15-11)17-6-9-4-3-5-13-10(9)7-17/h8-10,13H,3-7H2,1-2H3,(H,14,15,16). The van der Waals surface area contributed by atoms with E-state index in [0.717, 1.165) is 19.6 Å². The number of piperidine rings is 1. The van der Waals surface area contributed by atoms with Crippen LogP contribution in [0.4, 0.5) is 5.95 Å². The first-order valence-electron chi connectivity index (χ1n) is 7.04. The van der Waals surface area contributed by atoms with Crippen molar-refractivity contribution in [3.63, 3.8) is 0 Å². The van der Waals surface area contributed by atoms with Crippen LogP contribution in [0, 0.1) is 5.92 Å². The zero-order valence-corrected chi connectivity index (χ0v) is 12.7. The summed E-state index contributed by atoms with van der Waals surface area (Å²) < 4.78 is 23.1. The highest BCUT2D eigenvalue weighted by atomic mass is 32.2. The van der Waals surface area contributed by atoms with Gasteiger partial charge in [0.05, 0.1) is 0 Å². The molecule has 3 heterocycles. The topological polar surface area (TPSA) is 91.0 Å². The van der Waals surface area contributed by atoms with E-state index in [1.807, 2.05) is 0 Å². The number of hydrogen-bond donors (Lipinski definition) is 2. The smallest absolute Gasteiger partial charge is 0.244 e. The molecule has 1 aromatic rings. The van der Waals surface area contributed by atoms with Crippen molar-refractivity contribution in [2.45, 2.75) is 31.1 Å². The fraction of sp³-hybridized carbons (Fsp3) is 0.833. The zero-order valence-electron chi connectivity index (χ0n) is 11.8. The van der Waals surface area contributed by atoms with Crippen molar-refractivity contribution in [1.29, 1.82) is 0 Å². The van der Waals surface area contributed by atoms with E-state index >= 15 is 0 Å². The third-order valence-corrected chi connectivity index (χ3v) is 5.91. The van der Waals surface area contributed by atoms with Crippen molar-refractivity contribution >= 4 is 15.8 Å². The Morgan fingerprint density at radius 1 is 1.40 bits per heavy atom. The minimum absolute atomic E-state index is 0.422. The molecule has 0 saturated carbocycles. The van der Waals surface area contributed by atoms with Crippen molar-refractivity contribution in [2.75, 3.05) is 30.8 Å². The molecule has 0 bridgehead atoms. The number of aromatic amines is 1. The van der Waals surface area contributed by atoms with Crippen molar-refractivity contribution in [1.82, 2.24) is 20.5 Å². The van der Waals surface area contributed by atoms with E-state index in [-0.39, 0.29) is 0 Å². The summed E-state index contributed by atoms with van der Waals surface area (Å²) in [7, 11) is -3.15. The lowest BCUT2D eigenvalue weighted by Gasteiger charge is -2.24. The minimum atomic E-state index is -3.15. The molecule has 3 atom stereocenters. The number of sulfone groups is 1. The first kappa shape index (κ1) is 13.8. The van der Waals surface area contributed by atoms with Crippen LogP contribution in [0.25, 0.3) is 0 Å². The van der Waals surface area contributed by atoms with Crippen molar-refractivity contribution in [3.05, 3.63) is 5.82 Å². The van der Waals surface area contributed by atoms with Crippen LogP contribution in [-0.4, -0.2) is 55.5 Å². The summed E-state index contributed by atoms with van der Waals surface area (Å²) in [5.41, 5.74) is 0. The molecule has 2 aliphatic heterocycles. The van der Waals surface area contributed by atoms with Gasteiger partial charge in [-0.05, 0) is 32.2 Å². The number of fused-ring (bicyclic) bond motifs is 1. The molecule has 2 saturated heterocycles. The van der Waals surface area contributed by atoms with Gasteiger partial charge in [-0.3, -0.25) is 5.10 Å². The first-order valence-corrected chi connectivity index (χ1v) is 9.00. The molecule has 2 fully saturated rings. The maximum absolute atomic E-state index is 11.6. The molecule has 20 heavy (non-hydrogen) atoms. The first-order chi connectivity index (χ1) is 9.45. The number of H-pyrrole nitrogens is 1. The third kappa shape index (κ3) is 2.54. The van der Waals surface area contributed by atoms with E-state index in [0.29, 0.717) is 23.7 Å². The summed E-state index contributed by atoms with van der Waals surface area (Å²) in [6.07, 6.45) is 3.68. The molecular formula is C12H21N5O2S. The molecule has 2 aliphatic rings. The van der Waals surface area contributed by atoms with Crippen LogP contribution in [-0.2, 0) is 9.84 Å². The van der Waals surface area contributed by atoms with E-state index < -0.39 is 15.1 Å². The van der Waals surface area contributed by atoms with E-state index in [2.05, 4.69) is 25.4 Å². The number of hydrogen-bond acceptors (Lipinski definition) is 6. The van der Waals surface area contributed by atoms with Gasteiger partial charge in [-0.2, -0.15) is 4.98 Å². The van der Waals surface area contributed by atoms with Crippen molar-refractivity contribution in [3.8, 4) is 0 Å². The van der Waals surface area contributed by atoms with Crippen molar-refractivity contribution < 1.29 is 8.42 Å². The molecular weight excluding hydrogens is 278 g/mol. The van der Waals surface area contributed by atoms with E-state index in [1.54, 1.807) is 6.92 Å². The molecule has 0 aromatic carbocycles. The number of aromatic nitrogens is 3. The van der Waals surface area contributed by atoms with Crippen molar-refractivity contribution in [2.24, 2.45) is 5.92 Å². The third-order valence-electron chi connectivity index (χ3n) is 4.40. The number of nitrogens with zero attached hydrogens (tertiary/aromatic N) is 3. The predicted molar refractivity (Wildman–Crippen MR) is 76.4 cm³/mol. The van der Waals surface area contributed by atoms with E-state index in [1.165, 1.54) is 19.1 Å². The largest absolute Gasteiger partial charge is 0.338 e. The molecule has 3 rings (SSSR count). The molecule has 0 amide bonds. The van der Waals surface area contributed by atoms with Gasteiger partial charge in [0.25, 0.3) is 0 Å². The summed E-state index contributed by atoms with van der Waals surface area (Å²) in [5, 5.41) is 9.84.